The minimum Gasteiger partial charge on any atom is -0.469 e. The van der Waals surface area contributed by atoms with Crippen molar-refractivity contribution in [3.05, 3.63) is 23.7 Å². The van der Waals surface area contributed by atoms with Gasteiger partial charge < -0.3 is 14.3 Å². The zero-order valence-electron chi connectivity index (χ0n) is 15.9. The van der Waals surface area contributed by atoms with Crippen LogP contribution in [-0.4, -0.2) is 23.3 Å². The molecule has 0 saturated heterocycles. The largest absolute Gasteiger partial charge is 0.469 e. The van der Waals surface area contributed by atoms with Crippen molar-refractivity contribution in [2.24, 2.45) is 22.7 Å². The van der Waals surface area contributed by atoms with E-state index in [1.165, 1.54) is 43.9 Å². The summed E-state index contributed by atoms with van der Waals surface area (Å²) in [4.78, 5) is 11.3. The number of carbonyl (C=O) groups is 1. The molecule has 1 heterocycles. The summed E-state index contributed by atoms with van der Waals surface area (Å²) in [5.41, 5.74) is 1.15. The number of ether oxygens (including phenoxy) is 1. The molecule has 3 saturated carbocycles. The van der Waals surface area contributed by atoms with E-state index in [2.05, 4.69) is 13.0 Å². The Morgan fingerprint density at radius 2 is 2.19 bits per heavy atom. The zero-order chi connectivity index (χ0) is 18.2. The van der Waals surface area contributed by atoms with E-state index < -0.39 is 5.60 Å². The van der Waals surface area contributed by atoms with Crippen molar-refractivity contribution in [1.29, 1.82) is 0 Å². The van der Waals surface area contributed by atoms with Crippen molar-refractivity contribution < 1.29 is 19.1 Å². The summed E-state index contributed by atoms with van der Waals surface area (Å²) in [6.45, 7) is 4.11. The van der Waals surface area contributed by atoms with Crippen molar-refractivity contribution in [2.75, 3.05) is 6.61 Å². The molecular formula is C22H30O4. The van der Waals surface area contributed by atoms with Gasteiger partial charge in [-0.3, -0.25) is 4.79 Å². The van der Waals surface area contributed by atoms with Crippen molar-refractivity contribution in [1.82, 2.24) is 0 Å². The number of esters is 1. The minimum absolute atomic E-state index is 0.174. The lowest BCUT2D eigenvalue weighted by atomic mass is 9.45. The molecule has 6 atom stereocenters. The molecule has 0 unspecified atom stereocenters. The number of hydrogen-bond acceptors (Lipinski definition) is 4. The summed E-state index contributed by atoms with van der Waals surface area (Å²) in [7, 11) is 0. The van der Waals surface area contributed by atoms with E-state index in [0.717, 1.165) is 25.7 Å². The van der Waals surface area contributed by atoms with E-state index >= 15 is 0 Å². The van der Waals surface area contributed by atoms with Crippen LogP contribution in [0.25, 0.3) is 0 Å². The predicted octanol–water partition coefficient (Wildman–Crippen LogP) is 4.21. The maximum atomic E-state index is 11.4. The minimum atomic E-state index is -0.820. The van der Waals surface area contributed by atoms with Gasteiger partial charge in [0.2, 0.25) is 0 Å². The van der Waals surface area contributed by atoms with Crippen molar-refractivity contribution in [3.63, 3.8) is 0 Å². The number of rotatable bonds is 2. The first kappa shape index (κ1) is 16.9. The summed E-state index contributed by atoms with van der Waals surface area (Å²) >= 11 is 0. The number of aryl methyl sites for hydroxylation is 1. The van der Waals surface area contributed by atoms with Crippen molar-refractivity contribution >= 4 is 5.97 Å². The Hall–Kier alpha value is -1.29. The molecular weight excluding hydrogens is 328 g/mol. The molecule has 0 amide bonds. The highest BCUT2D eigenvalue weighted by Crippen LogP contribution is 2.72. The molecule has 1 N–H and O–H groups in total. The maximum absolute atomic E-state index is 11.4. The summed E-state index contributed by atoms with van der Waals surface area (Å²) in [6, 6.07) is 2.20. The Kier molecular flexibility index (Phi) is 3.48. The van der Waals surface area contributed by atoms with Gasteiger partial charge in [-0.15, -0.1) is 0 Å². The van der Waals surface area contributed by atoms with Crippen LogP contribution >= 0.6 is 0 Å². The third-order valence-corrected chi connectivity index (χ3v) is 8.71. The first-order valence-electron chi connectivity index (χ1n) is 10.3. The van der Waals surface area contributed by atoms with Gasteiger partial charge in [0.05, 0.1) is 6.26 Å². The molecule has 0 aliphatic heterocycles. The van der Waals surface area contributed by atoms with Crippen LogP contribution in [0.15, 0.2) is 16.7 Å². The number of aliphatic hydroxyl groups is 1. The Morgan fingerprint density at radius 1 is 1.35 bits per heavy atom. The molecule has 1 spiro atoms. The van der Waals surface area contributed by atoms with Gasteiger partial charge in [-0.25, -0.2) is 0 Å². The second kappa shape index (κ2) is 5.37. The third kappa shape index (κ3) is 2.14. The SMILES string of the molecule is CC(=O)OC[C@]1(O)C[C@@]23CC[C@@H]4c5ccoc5CC[C@]4(C)[C@@H]2CC[C@H]1C3. The van der Waals surface area contributed by atoms with Crippen LogP contribution in [-0.2, 0) is 16.0 Å². The monoisotopic (exact) mass is 358 g/mol. The molecule has 142 valence electrons. The fraction of sp³-hybridized carbons (Fsp3) is 0.773. The lowest BCUT2D eigenvalue weighted by molar-refractivity contribution is -0.151. The Labute approximate surface area is 155 Å². The first-order chi connectivity index (χ1) is 12.4. The standard InChI is InChI=1S/C22H30O4/c1-14(23)26-13-22(24)12-21-9-5-17-16-7-10-25-18(16)6-8-20(17,2)19(21)4-3-15(22)11-21/h7,10,15,17,19,24H,3-6,8-9,11-13H2,1-2H3/t15-,17+,19-,20-,21-,22+/m0/s1. The van der Waals surface area contributed by atoms with Gasteiger partial charge in [-0.05, 0) is 85.2 Å². The summed E-state index contributed by atoms with van der Waals surface area (Å²) in [6.07, 6.45) is 10.7. The van der Waals surface area contributed by atoms with Crippen LogP contribution in [0.5, 0.6) is 0 Å². The molecule has 3 fully saturated rings. The van der Waals surface area contributed by atoms with E-state index in [0.29, 0.717) is 17.3 Å². The van der Waals surface area contributed by atoms with E-state index in [4.69, 9.17) is 9.15 Å². The quantitative estimate of drug-likeness (QED) is 0.805. The lowest BCUT2D eigenvalue weighted by Crippen LogP contribution is -2.51. The van der Waals surface area contributed by atoms with E-state index in [1.54, 1.807) is 0 Å². The molecule has 4 aliphatic rings. The highest BCUT2D eigenvalue weighted by Gasteiger charge is 2.66. The van der Waals surface area contributed by atoms with Crippen LogP contribution in [0.3, 0.4) is 0 Å². The smallest absolute Gasteiger partial charge is 0.302 e. The Bertz CT molecular complexity index is 738. The van der Waals surface area contributed by atoms with Gasteiger partial charge in [-0.2, -0.15) is 0 Å². The lowest BCUT2D eigenvalue weighted by Gasteiger charge is -2.59. The average molecular weight is 358 g/mol. The number of fused-ring (bicyclic) bond motifs is 5. The van der Waals surface area contributed by atoms with Crippen LogP contribution < -0.4 is 0 Å². The third-order valence-electron chi connectivity index (χ3n) is 8.71. The predicted molar refractivity (Wildman–Crippen MR) is 96.6 cm³/mol. The second-order valence-corrected chi connectivity index (χ2v) is 9.85. The number of carbonyl (C=O) groups excluding carboxylic acids is 1. The summed E-state index contributed by atoms with van der Waals surface area (Å²) < 4.78 is 11.0. The maximum Gasteiger partial charge on any atom is 0.302 e. The summed E-state index contributed by atoms with van der Waals surface area (Å²) in [5.74, 6) is 2.45. The van der Waals surface area contributed by atoms with E-state index in [9.17, 15) is 9.90 Å². The Balaban J connectivity index is 1.47. The highest BCUT2D eigenvalue weighted by atomic mass is 16.5. The fourth-order valence-electron chi connectivity index (χ4n) is 7.72. The van der Waals surface area contributed by atoms with Gasteiger partial charge in [0.25, 0.3) is 0 Å². The van der Waals surface area contributed by atoms with E-state index in [1.807, 2.05) is 6.26 Å². The number of furan rings is 1. The zero-order valence-corrected chi connectivity index (χ0v) is 15.9. The Morgan fingerprint density at radius 3 is 3.00 bits per heavy atom. The van der Waals surface area contributed by atoms with Crippen molar-refractivity contribution in [2.45, 2.75) is 76.7 Å². The van der Waals surface area contributed by atoms with Crippen LogP contribution in [0.2, 0.25) is 0 Å². The van der Waals surface area contributed by atoms with Gasteiger partial charge in [0.1, 0.15) is 18.0 Å². The highest BCUT2D eigenvalue weighted by molar-refractivity contribution is 5.66. The van der Waals surface area contributed by atoms with Crippen LogP contribution in [0.1, 0.15) is 76.0 Å². The normalized spacial score (nSPS) is 46.2. The van der Waals surface area contributed by atoms with Gasteiger partial charge in [-0.1, -0.05) is 6.92 Å². The molecule has 0 radical (unpaired) electrons. The first-order valence-corrected chi connectivity index (χ1v) is 10.3. The molecule has 1 aromatic rings. The molecule has 26 heavy (non-hydrogen) atoms. The fourth-order valence-corrected chi connectivity index (χ4v) is 7.72. The summed E-state index contributed by atoms with van der Waals surface area (Å²) in [5, 5.41) is 11.4. The molecule has 4 aliphatic carbocycles. The topological polar surface area (TPSA) is 59.7 Å². The van der Waals surface area contributed by atoms with Crippen LogP contribution in [0, 0.1) is 22.7 Å². The van der Waals surface area contributed by atoms with Gasteiger partial charge >= 0.3 is 5.97 Å². The average Bonchev–Trinajstić information content (AvgIpc) is 3.14. The number of hydrogen-bond donors (Lipinski definition) is 1. The van der Waals surface area contributed by atoms with E-state index in [-0.39, 0.29) is 23.9 Å². The molecule has 4 nitrogen and oxygen atoms in total. The second-order valence-electron chi connectivity index (χ2n) is 9.85. The molecule has 1 aromatic heterocycles. The molecule has 2 bridgehead atoms. The molecule has 5 rings (SSSR count). The van der Waals surface area contributed by atoms with Crippen LogP contribution in [0.4, 0.5) is 0 Å². The van der Waals surface area contributed by atoms with Gasteiger partial charge in [0, 0.05) is 13.3 Å². The molecule has 4 heteroatoms. The molecule has 0 aromatic carbocycles. The van der Waals surface area contributed by atoms with Crippen molar-refractivity contribution in [3.8, 4) is 0 Å². The van der Waals surface area contributed by atoms with Gasteiger partial charge in [0.15, 0.2) is 0 Å².